The summed E-state index contributed by atoms with van der Waals surface area (Å²) in [5, 5.41) is 1.09. The highest BCUT2D eigenvalue weighted by molar-refractivity contribution is 6.01. The predicted octanol–water partition coefficient (Wildman–Crippen LogP) is 2.64. The number of carbonyl (C=O) groups is 1. The number of para-hydroxylation sites is 1. The number of rotatable bonds is 2. The second-order valence-corrected chi connectivity index (χ2v) is 4.45. The molecule has 1 aromatic carbocycles. The van der Waals surface area contributed by atoms with Crippen molar-refractivity contribution < 1.29 is 4.79 Å². The number of carbonyl (C=O) groups excluding carboxylic acids is 1. The minimum absolute atomic E-state index is 0.445. The third kappa shape index (κ3) is 1.87. The molecule has 0 aliphatic rings. The summed E-state index contributed by atoms with van der Waals surface area (Å²) in [7, 11) is 0. The Balaban J connectivity index is 2.29. The van der Waals surface area contributed by atoms with E-state index < -0.39 is 5.91 Å². The molecule has 94 valence electrons. The van der Waals surface area contributed by atoms with Gasteiger partial charge in [0.15, 0.2) is 0 Å². The molecule has 3 rings (SSSR count). The molecule has 3 aromatic rings. The van der Waals surface area contributed by atoms with Gasteiger partial charge in [-0.15, -0.1) is 0 Å². The molecule has 0 saturated heterocycles. The largest absolute Gasteiger partial charge is 0.366 e. The van der Waals surface area contributed by atoms with Crippen molar-refractivity contribution >= 4 is 16.8 Å². The maximum atomic E-state index is 11.5. The lowest BCUT2D eigenvalue weighted by Gasteiger charge is -2.07. The van der Waals surface area contributed by atoms with Crippen molar-refractivity contribution in [2.75, 3.05) is 0 Å². The van der Waals surface area contributed by atoms with Crippen molar-refractivity contribution in [3.05, 3.63) is 53.9 Å². The normalized spacial score (nSPS) is 10.8. The highest BCUT2D eigenvalue weighted by atomic mass is 16.1. The third-order valence-electron chi connectivity index (χ3n) is 3.21. The van der Waals surface area contributed by atoms with Crippen LogP contribution in [0.5, 0.6) is 0 Å². The summed E-state index contributed by atoms with van der Waals surface area (Å²) in [6, 6.07) is 11.6. The van der Waals surface area contributed by atoms with Crippen LogP contribution in [0.2, 0.25) is 0 Å². The minimum Gasteiger partial charge on any atom is -0.366 e. The number of hydrogen-bond donors (Lipinski definition) is 2. The maximum Gasteiger partial charge on any atom is 0.249 e. The van der Waals surface area contributed by atoms with E-state index in [0.717, 1.165) is 27.9 Å². The summed E-state index contributed by atoms with van der Waals surface area (Å²) < 4.78 is 0. The molecule has 2 heterocycles. The maximum absolute atomic E-state index is 11.5. The van der Waals surface area contributed by atoms with Crippen molar-refractivity contribution in [1.82, 2.24) is 9.97 Å². The van der Waals surface area contributed by atoms with Crippen molar-refractivity contribution in [2.45, 2.75) is 6.92 Å². The molecule has 19 heavy (non-hydrogen) atoms. The Kier molecular flexibility index (Phi) is 2.56. The Morgan fingerprint density at radius 3 is 2.79 bits per heavy atom. The first-order valence-corrected chi connectivity index (χ1v) is 6.00. The average molecular weight is 251 g/mol. The van der Waals surface area contributed by atoms with E-state index in [-0.39, 0.29) is 0 Å². The summed E-state index contributed by atoms with van der Waals surface area (Å²) in [6.45, 7) is 1.87. The fraction of sp³-hybridized carbons (Fsp3) is 0.0667. The van der Waals surface area contributed by atoms with E-state index in [4.69, 9.17) is 5.73 Å². The molecule has 3 N–H and O–H groups in total. The second kappa shape index (κ2) is 4.24. The van der Waals surface area contributed by atoms with Crippen LogP contribution in [0.3, 0.4) is 0 Å². The van der Waals surface area contributed by atoms with Crippen LogP contribution in [-0.2, 0) is 0 Å². The van der Waals surface area contributed by atoms with E-state index in [1.807, 2.05) is 37.3 Å². The number of nitrogens with zero attached hydrogens (tertiary/aromatic N) is 1. The van der Waals surface area contributed by atoms with Gasteiger partial charge in [0.05, 0.1) is 5.56 Å². The lowest BCUT2D eigenvalue weighted by Crippen LogP contribution is -2.13. The summed E-state index contributed by atoms with van der Waals surface area (Å²) in [6.07, 6.45) is 1.60. The standard InChI is InChI=1S/C15H13N3O/c1-9-14(11(15(16)19)6-7-17-9)13-8-10-4-2-3-5-12(10)18-13/h2-8,18H,1H3,(H2,16,19). The smallest absolute Gasteiger partial charge is 0.249 e. The van der Waals surface area contributed by atoms with Crippen molar-refractivity contribution in [1.29, 1.82) is 0 Å². The lowest BCUT2D eigenvalue weighted by atomic mass is 10.0. The molecule has 0 bridgehead atoms. The monoisotopic (exact) mass is 251 g/mol. The third-order valence-corrected chi connectivity index (χ3v) is 3.21. The molecule has 4 heteroatoms. The van der Waals surface area contributed by atoms with Gasteiger partial charge in [-0.2, -0.15) is 0 Å². The number of nitrogens with two attached hydrogens (primary N) is 1. The Bertz CT molecular complexity index is 741. The zero-order valence-corrected chi connectivity index (χ0v) is 10.5. The summed E-state index contributed by atoms with van der Waals surface area (Å²) in [5.74, 6) is -0.445. The molecular formula is C15H13N3O. The number of nitrogens with one attached hydrogen (secondary N) is 1. The van der Waals surface area contributed by atoms with Gasteiger partial charge < -0.3 is 10.7 Å². The van der Waals surface area contributed by atoms with Gasteiger partial charge in [-0.1, -0.05) is 18.2 Å². The number of benzene rings is 1. The first-order valence-electron chi connectivity index (χ1n) is 6.00. The van der Waals surface area contributed by atoms with E-state index in [9.17, 15) is 4.79 Å². The number of aryl methyl sites for hydroxylation is 1. The fourth-order valence-corrected chi connectivity index (χ4v) is 2.32. The zero-order valence-electron chi connectivity index (χ0n) is 10.5. The molecule has 2 aromatic heterocycles. The quantitative estimate of drug-likeness (QED) is 0.735. The molecule has 0 fully saturated rings. The SMILES string of the molecule is Cc1nccc(C(N)=O)c1-c1cc2ccccc2[nH]1. The number of H-pyrrole nitrogens is 1. The van der Waals surface area contributed by atoms with Crippen LogP contribution in [0.15, 0.2) is 42.6 Å². The van der Waals surface area contributed by atoms with Crippen LogP contribution in [0.4, 0.5) is 0 Å². The van der Waals surface area contributed by atoms with Crippen LogP contribution >= 0.6 is 0 Å². The molecule has 0 radical (unpaired) electrons. The van der Waals surface area contributed by atoms with Gasteiger partial charge in [0.25, 0.3) is 0 Å². The van der Waals surface area contributed by atoms with Gasteiger partial charge >= 0.3 is 0 Å². The number of primary amides is 1. The van der Waals surface area contributed by atoms with Crippen LogP contribution in [0.1, 0.15) is 16.1 Å². The molecular weight excluding hydrogens is 238 g/mol. The fourth-order valence-electron chi connectivity index (χ4n) is 2.32. The zero-order chi connectivity index (χ0) is 13.4. The van der Waals surface area contributed by atoms with E-state index in [1.54, 1.807) is 12.3 Å². The van der Waals surface area contributed by atoms with Gasteiger partial charge in [-0.25, -0.2) is 0 Å². The number of fused-ring (bicyclic) bond motifs is 1. The summed E-state index contributed by atoms with van der Waals surface area (Å²) in [5.41, 5.74) is 9.36. The Hall–Kier alpha value is -2.62. The summed E-state index contributed by atoms with van der Waals surface area (Å²) in [4.78, 5) is 19.1. The van der Waals surface area contributed by atoms with Crippen LogP contribution < -0.4 is 5.73 Å². The van der Waals surface area contributed by atoms with Gasteiger partial charge in [-0.05, 0) is 25.1 Å². The van der Waals surface area contributed by atoms with Gasteiger partial charge in [0.1, 0.15) is 0 Å². The van der Waals surface area contributed by atoms with E-state index in [1.165, 1.54) is 0 Å². The van der Waals surface area contributed by atoms with Crippen LogP contribution in [-0.4, -0.2) is 15.9 Å². The predicted molar refractivity (Wildman–Crippen MR) is 74.8 cm³/mol. The van der Waals surface area contributed by atoms with E-state index in [0.29, 0.717) is 5.56 Å². The molecule has 0 spiro atoms. The second-order valence-electron chi connectivity index (χ2n) is 4.45. The summed E-state index contributed by atoms with van der Waals surface area (Å²) >= 11 is 0. The molecule has 0 aliphatic carbocycles. The van der Waals surface area contributed by atoms with E-state index >= 15 is 0 Å². The van der Waals surface area contributed by atoms with Gasteiger partial charge in [0.2, 0.25) is 5.91 Å². The minimum atomic E-state index is -0.445. The first kappa shape index (κ1) is 11.5. The van der Waals surface area contributed by atoms with Crippen molar-refractivity contribution in [3.8, 4) is 11.3 Å². The highest BCUT2D eigenvalue weighted by Crippen LogP contribution is 2.28. The number of aromatic amines is 1. The molecule has 0 atom stereocenters. The lowest BCUT2D eigenvalue weighted by molar-refractivity contribution is 0.100. The Morgan fingerprint density at radius 1 is 1.26 bits per heavy atom. The number of hydrogen-bond acceptors (Lipinski definition) is 2. The van der Waals surface area contributed by atoms with Crippen LogP contribution in [0, 0.1) is 6.92 Å². The Morgan fingerprint density at radius 2 is 2.05 bits per heavy atom. The Labute approximate surface area is 110 Å². The molecule has 0 saturated carbocycles. The van der Waals surface area contributed by atoms with Crippen LogP contribution in [0.25, 0.3) is 22.2 Å². The average Bonchev–Trinajstić information content (AvgIpc) is 2.81. The highest BCUT2D eigenvalue weighted by Gasteiger charge is 2.15. The van der Waals surface area contributed by atoms with Gasteiger partial charge in [0, 0.05) is 34.1 Å². The number of pyridine rings is 1. The molecule has 0 unspecified atom stereocenters. The molecule has 1 amide bonds. The molecule has 4 nitrogen and oxygen atoms in total. The molecule has 0 aliphatic heterocycles. The van der Waals surface area contributed by atoms with E-state index in [2.05, 4.69) is 9.97 Å². The first-order chi connectivity index (χ1) is 9.16. The van der Waals surface area contributed by atoms with Crippen molar-refractivity contribution in [3.63, 3.8) is 0 Å². The number of aromatic nitrogens is 2. The van der Waals surface area contributed by atoms with Gasteiger partial charge in [-0.3, -0.25) is 9.78 Å². The number of amides is 1. The van der Waals surface area contributed by atoms with Crippen molar-refractivity contribution in [2.24, 2.45) is 5.73 Å². The topological polar surface area (TPSA) is 71.8 Å².